The summed E-state index contributed by atoms with van der Waals surface area (Å²) in [5, 5.41) is 17.8. The Hall–Kier alpha value is -1.36. The molecule has 0 fully saturated rings. The zero-order valence-corrected chi connectivity index (χ0v) is 26.5. The van der Waals surface area contributed by atoms with Crippen LogP contribution < -0.4 is 0 Å². The fourth-order valence-corrected chi connectivity index (χ4v) is 6.64. The second-order valence-electron chi connectivity index (χ2n) is 9.61. The summed E-state index contributed by atoms with van der Waals surface area (Å²) in [7, 11) is 0. The lowest BCUT2D eigenvalue weighted by Crippen LogP contribution is -2.03. The number of nitrogens with zero attached hydrogens (tertiary/aromatic N) is 6. The fraction of sp³-hybridized carbons (Fsp3) is 0.741. The summed E-state index contributed by atoms with van der Waals surface area (Å²) in [5.74, 6) is 0. The maximum absolute atomic E-state index is 8.67. The van der Waals surface area contributed by atoms with Gasteiger partial charge in [0.1, 0.15) is 5.52 Å². The molecular formula is C27H41Cl2N6O3PS. The van der Waals surface area contributed by atoms with Crippen molar-refractivity contribution in [3.05, 3.63) is 16.8 Å². The van der Waals surface area contributed by atoms with Crippen LogP contribution in [0.5, 0.6) is 0 Å². The number of hydrogen-bond donors (Lipinski definition) is 0. The largest absolute Gasteiger partial charge is 0.327 e. The number of fused-ring (bicyclic) bond motifs is 1. The number of imidazole rings is 1. The van der Waals surface area contributed by atoms with E-state index in [0.29, 0.717) is 17.4 Å². The first-order chi connectivity index (χ1) is 19.5. The number of unbranched alkanes of at least 4 members (excludes halogenated alkanes) is 13. The zero-order valence-electron chi connectivity index (χ0n) is 23.2. The van der Waals surface area contributed by atoms with Crippen LogP contribution in [-0.2, 0) is 31.9 Å². The third-order valence-corrected chi connectivity index (χ3v) is 9.25. The summed E-state index contributed by atoms with van der Waals surface area (Å²) in [6.07, 6.45) is 19.3. The monoisotopic (exact) mass is 630 g/mol. The SMILES string of the molecule is N#CCCOP(=S)(OCCC#N)OCCCCCCCCCCCCCCCCn1cnc2nc(Cl)nc(Cl)c21. The van der Waals surface area contributed by atoms with Gasteiger partial charge in [-0.05, 0) is 36.2 Å². The minimum absolute atomic E-state index is 0.124. The molecule has 0 aromatic carbocycles. The van der Waals surface area contributed by atoms with Crippen molar-refractivity contribution in [3.63, 3.8) is 0 Å². The number of hydrogen-bond acceptors (Lipinski definition) is 9. The van der Waals surface area contributed by atoms with Gasteiger partial charge in [0, 0.05) is 6.54 Å². The zero-order chi connectivity index (χ0) is 28.9. The molecule has 2 rings (SSSR count). The highest BCUT2D eigenvalue weighted by molar-refractivity contribution is 8.07. The summed E-state index contributed by atoms with van der Waals surface area (Å²) in [5.41, 5.74) is 1.31. The molecule has 0 aliphatic heterocycles. The van der Waals surface area contributed by atoms with Crippen molar-refractivity contribution in [1.29, 1.82) is 10.5 Å². The lowest BCUT2D eigenvalue weighted by atomic mass is 10.0. The van der Waals surface area contributed by atoms with Crippen molar-refractivity contribution in [2.45, 2.75) is 109 Å². The van der Waals surface area contributed by atoms with E-state index < -0.39 is 6.72 Å². The highest BCUT2D eigenvalue weighted by Crippen LogP contribution is 2.50. The molecule has 2 aromatic heterocycles. The molecule has 0 aliphatic carbocycles. The number of aromatic nitrogens is 4. The van der Waals surface area contributed by atoms with E-state index in [1.165, 1.54) is 70.6 Å². The molecule has 0 saturated heterocycles. The molecule has 0 aliphatic rings. The van der Waals surface area contributed by atoms with Gasteiger partial charge in [-0.25, -0.2) is 9.97 Å². The number of nitriles is 2. The van der Waals surface area contributed by atoms with Crippen LogP contribution in [-0.4, -0.2) is 39.3 Å². The van der Waals surface area contributed by atoms with E-state index >= 15 is 0 Å². The molecular weight excluding hydrogens is 590 g/mol. The normalized spacial score (nSPS) is 11.6. The van der Waals surface area contributed by atoms with Crippen molar-refractivity contribution < 1.29 is 13.6 Å². The lowest BCUT2D eigenvalue weighted by Gasteiger charge is -2.21. The summed E-state index contributed by atoms with van der Waals surface area (Å²) < 4.78 is 18.8. The molecule has 222 valence electrons. The smallest absolute Gasteiger partial charge is 0.327 e. The Labute approximate surface area is 253 Å². The number of halogens is 2. The molecule has 0 saturated carbocycles. The summed E-state index contributed by atoms with van der Waals surface area (Å²) in [6.45, 7) is -1.15. The van der Waals surface area contributed by atoms with E-state index in [4.69, 9.17) is 59.1 Å². The number of rotatable bonds is 24. The highest BCUT2D eigenvalue weighted by Gasteiger charge is 2.20. The van der Waals surface area contributed by atoms with E-state index in [2.05, 4.69) is 15.0 Å². The molecule has 9 nitrogen and oxygen atoms in total. The molecule has 0 spiro atoms. The summed E-state index contributed by atoms with van der Waals surface area (Å²) >= 11 is 17.4. The van der Waals surface area contributed by atoms with Crippen molar-refractivity contribution >= 4 is 52.9 Å². The van der Waals surface area contributed by atoms with Crippen LogP contribution in [0.1, 0.15) is 103 Å². The first kappa shape index (κ1) is 34.8. The maximum atomic E-state index is 8.67. The molecule has 2 heterocycles. The van der Waals surface area contributed by atoms with E-state index in [9.17, 15) is 0 Å². The van der Waals surface area contributed by atoms with Crippen LogP contribution in [0.3, 0.4) is 0 Å². The van der Waals surface area contributed by atoms with Crippen molar-refractivity contribution in [2.24, 2.45) is 0 Å². The van der Waals surface area contributed by atoms with Crippen LogP contribution in [0.4, 0.5) is 0 Å². The Morgan fingerprint density at radius 3 is 1.73 bits per heavy atom. The topological polar surface area (TPSA) is 119 Å². The van der Waals surface area contributed by atoms with Gasteiger partial charge in [-0.3, -0.25) is 0 Å². The molecule has 0 bridgehead atoms. The quantitative estimate of drug-likeness (QED) is 0.0485. The Balaban J connectivity index is 1.38. The van der Waals surface area contributed by atoms with Crippen molar-refractivity contribution in [3.8, 4) is 12.1 Å². The van der Waals surface area contributed by atoms with E-state index in [1.54, 1.807) is 6.33 Å². The van der Waals surface area contributed by atoms with Gasteiger partial charge >= 0.3 is 6.72 Å². The third-order valence-electron chi connectivity index (χ3n) is 6.37. The Morgan fingerprint density at radius 1 is 0.725 bits per heavy atom. The summed E-state index contributed by atoms with van der Waals surface area (Å²) in [4.78, 5) is 12.4. The van der Waals surface area contributed by atoms with Gasteiger partial charge < -0.3 is 18.1 Å². The second-order valence-corrected chi connectivity index (χ2v) is 13.3. The molecule has 0 atom stereocenters. The predicted octanol–water partition coefficient (Wildman–Crippen LogP) is 8.70. The van der Waals surface area contributed by atoms with E-state index in [0.717, 1.165) is 31.3 Å². The lowest BCUT2D eigenvalue weighted by molar-refractivity contribution is 0.158. The van der Waals surface area contributed by atoms with Crippen LogP contribution in [0.15, 0.2) is 6.33 Å². The van der Waals surface area contributed by atoms with Crippen LogP contribution >= 0.6 is 29.9 Å². The molecule has 0 unspecified atom stereocenters. The average Bonchev–Trinajstić information content (AvgIpc) is 3.33. The van der Waals surface area contributed by atoms with Gasteiger partial charge in [0.15, 0.2) is 10.8 Å². The molecule has 40 heavy (non-hydrogen) atoms. The first-order valence-corrected chi connectivity index (χ1v) is 17.6. The minimum Gasteiger partial charge on any atom is -0.327 e. The van der Waals surface area contributed by atoms with Gasteiger partial charge in [-0.1, -0.05) is 88.7 Å². The van der Waals surface area contributed by atoms with Crippen LogP contribution in [0, 0.1) is 22.7 Å². The molecule has 13 heteroatoms. The third kappa shape index (κ3) is 14.5. The second kappa shape index (κ2) is 21.4. The van der Waals surface area contributed by atoms with Crippen molar-refractivity contribution in [1.82, 2.24) is 19.5 Å². The Bertz CT molecular complexity index is 1100. The Morgan fingerprint density at radius 2 is 1.20 bits per heavy atom. The summed E-state index contributed by atoms with van der Waals surface area (Å²) in [6, 6.07) is 4.03. The number of aryl methyl sites for hydroxylation is 1. The van der Waals surface area contributed by atoms with Gasteiger partial charge in [-0.15, -0.1) is 0 Å². The van der Waals surface area contributed by atoms with Gasteiger partial charge in [0.25, 0.3) is 0 Å². The van der Waals surface area contributed by atoms with E-state index in [1.807, 2.05) is 16.7 Å². The Kier molecular flexibility index (Phi) is 18.6. The van der Waals surface area contributed by atoms with Crippen molar-refractivity contribution in [2.75, 3.05) is 19.8 Å². The maximum Gasteiger partial charge on any atom is 0.327 e. The fourth-order valence-electron chi connectivity index (χ4n) is 4.28. The van der Waals surface area contributed by atoms with Crippen LogP contribution in [0.2, 0.25) is 10.4 Å². The molecule has 0 radical (unpaired) electrons. The van der Waals surface area contributed by atoms with Gasteiger partial charge in [-0.2, -0.15) is 15.5 Å². The average molecular weight is 632 g/mol. The molecule has 0 amide bonds. The standard InChI is InChI=1S/C27H41Cl2N6O3PS/c28-25-24-26(34-27(29)33-25)32-23-35(24)19-13-11-9-7-5-3-1-2-4-6-8-10-12-14-20-36-39(40,37-21-15-17-30)38-22-16-18-31/h23H,1-16,19-22H2. The van der Waals surface area contributed by atoms with Gasteiger partial charge in [0.2, 0.25) is 5.28 Å². The van der Waals surface area contributed by atoms with Gasteiger partial charge in [0.05, 0.1) is 51.1 Å². The predicted molar refractivity (Wildman–Crippen MR) is 163 cm³/mol. The molecule has 0 N–H and O–H groups in total. The first-order valence-electron chi connectivity index (χ1n) is 14.3. The minimum atomic E-state index is -2.87. The highest BCUT2D eigenvalue weighted by atomic mass is 35.5. The van der Waals surface area contributed by atoms with Crippen LogP contribution in [0.25, 0.3) is 11.2 Å². The molecule has 2 aromatic rings. The van der Waals surface area contributed by atoms with E-state index in [-0.39, 0.29) is 31.3 Å².